The summed E-state index contributed by atoms with van der Waals surface area (Å²) < 4.78 is 0. The van der Waals surface area contributed by atoms with Gasteiger partial charge >= 0.3 is 0 Å². The van der Waals surface area contributed by atoms with Crippen LogP contribution >= 0.6 is 11.8 Å². The van der Waals surface area contributed by atoms with E-state index in [1.165, 1.54) is 11.8 Å². The van der Waals surface area contributed by atoms with E-state index in [-0.39, 0.29) is 0 Å². The Kier molecular flexibility index (Phi) is 2.42. The second kappa shape index (κ2) is 3.89. The molecule has 68 valence electrons. The van der Waals surface area contributed by atoms with Crippen LogP contribution in [0.5, 0.6) is 0 Å². The van der Waals surface area contributed by atoms with E-state index in [9.17, 15) is 0 Å². The number of nitrogens with zero attached hydrogens (tertiary/aromatic N) is 4. The quantitative estimate of drug-likeness (QED) is 0.742. The van der Waals surface area contributed by atoms with E-state index in [2.05, 4.69) is 19.9 Å². The smallest absolute Gasteiger partial charge is 0.196 e. The third-order valence-electron chi connectivity index (χ3n) is 1.41. The summed E-state index contributed by atoms with van der Waals surface area (Å²) in [5, 5.41) is 9.84. The molecule has 2 rings (SSSR count). The number of hydrogen-bond donors (Lipinski definition) is 1. The highest BCUT2D eigenvalue weighted by Gasteiger charge is 2.02. The lowest BCUT2D eigenvalue weighted by Crippen LogP contribution is -1.89. The Labute approximate surface area is 84.2 Å². The van der Waals surface area contributed by atoms with Crippen molar-refractivity contribution in [1.82, 2.24) is 19.9 Å². The van der Waals surface area contributed by atoms with Gasteiger partial charge in [0.1, 0.15) is 11.8 Å². The number of rotatable bonds is 2. The van der Waals surface area contributed by atoms with Gasteiger partial charge in [0.05, 0.1) is 0 Å². The Morgan fingerprint density at radius 1 is 1.36 bits per heavy atom. The highest BCUT2D eigenvalue weighted by Crippen LogP contribution is 2.19. The monoisotopic (exact) mass is 203 g/mol. The van der Waals surface area contributed by atoms with Crippen molar-refractivity contribution in [3.63, 3.8) is 0 Å². The first-order valence-electron chi connectivity index (χ1n) is 3.79. The van der Waals surface area contributed by atoms with E-state index in [4.69, 9.17) is 5.26 Å². The average Bonchev–Trinajstić information content (AvgIpc) is 2.71. The molecule has 0 unspecified atom stereocenters. The molecule has 0 spiro atoms. The van der Waals surface area contributed by atoms with Crippen molar-refractivity contribution >= 4 is 11.8 Å². The van der Waals surface area contributed by atoms with Crippen LogP contribution in [0.15, 0.2) is 35.0 Å². The average molecular weight is 203 g/mol. The third kappa shape index (κ3) is 1.89. The van der Waals surface area contributed by atoms with Crippen LogP contribution < -0.4 is 0 Å². The van der Waals surface area contributed by atoms with Crippen LogP contribution in [-0.2, 0) is 0 Å². The molecule has 0 aliphatic rings. The minimum absolute atomic E-state index is 0.356. The summed E-state index contributed by atoms with van der Waals surface area (Å²) in [5.74, 6) is 0. The van der Waals surface area contributed by atoms with Gasteiger partial charge in [0, 0.05) is 18.6 Å². The lowest BCUT2D eigenvalue weighted by molar-refractivity contribution is 0.939. The molecular formula is C8H5N5S. The summed E-state index contributed by atoms with van der Waals surface area (Å²) in [7, 11) is 0. The molecule has 0 aliphatic carbocycles. The Bertz CT molecular complexity index is 459. The highest BCUT2D eigenvalue weighted by molar-refractivity contribution is 7.99. The number of imidazole rings is 1. The van der Waals surface area contributed by atoms with Crippen molar-refractivity contribution in [2.75, 3.05) is 0 Å². The van der Waals surface area contributed by atoms with Gasteiger partial charge in [-0.15, -0.1) is 0 Å². The first-order chi connectivity index (χ1) is 6.88. The van der Waals surface area contributed by atoms with Gasteiger partial charge in [-0.05, 0) is 17.8 Å². The molecule has 6 heteroatoms. The van der Waals surface area contributed by atoms with Gasteiger partial charge in [-0.3, -0.25) is 0 Å². The van der Waals surface area contributed by atoms with E-state index < -0.39 is 0 Å². The lowest BCUT2D eigenvalue weighted by atomic mass is 10.5. The van der Waals surface area contributed by atoms with Crippen LogP contribution in [0.2, 0.25) is 0 Å². The summed E-state index contributed by atoms with van der Waals surface area (Å²) in [4.78, 5) is 14.9. The van der Waals surface area contributed by atoms with Gasteiger partial charge in [-0.2, -0.15) is 5.26 Å². The van der Waals surface area contributed by atoms with Crippen molar-refractivity contribution in [2.45, 2.75) is 10.3 Å². The molecule has 14 heavy (non-hydrogen) atoms. The maximum atomic E-state index is 8.62. The van der Waals surface area contributed by atoms with Crippen LogP contribution in [0.1, 0.15) is 5.69 Å². The van der Waals surface area contributed by atoms with Crippen molar-refractivity contribution in [3.8, 4) is 6.07 Å². The molecular weight excluding hydrogens is 198 g/mol. The number of aromatic nitrogens is 4. The molecule has 2 heterocycles. The highest BCUT2D eigenvalue weighted by atomic mass is 32.2. The number of H-pyrrole nitrogens is 1. The Hall–Kier alpha value is -1.87. The van der Waals surface area contributed by atoms with E-state index >= 15 is 0 Å². The van der Waals surface area contributed by atoms with E-state index in [1.807, 2.05) is 6.07 Å². The van der Waals surface area contributed by atoms with Crippen LogP contribution in [-0.4, -0.2) is 19.9 Å². The number of nitriles is 1. The fraction of sp³-hybridized carbons (Fsp3) is 0. The van der Waals surface area contributed by atoms with Gasteiger partial charge < -0.3 is 4.98 Å². The second-order valence-corrected chi connectivity index (χ2v) is 3.29. The number of nitrogens with one attached hydrogen (secondary N) is 1. The van der Waals surface area contributed by atoms with Crippen LogP contribution in [0, 0.1) is 11.3 Å². The topological polar surface area (TPSA) is 78.2 Å². The minimum atomic E-state index is 0.356. The van der Waals surface area contributed by atoms with Gasteiger partial charge in [-0.1, -0.05) is 0 Å². The predicted octanol–water partition coefficient (Wildman–Crippen LogP) is 1.22. The Morgan fingerprint density at radius 2 is 2.29 bits per heavy atom. The molecule has 0 aliphatic heterocycles. The van der Waals surface area contributed by atoms with E-state index in [0.717, 1.165) is 0 Å². The minimum Gasteiger partial charge on any atom is -0.339 e. The molecule has 0 aromatic carbocycles. The van der Waals surface area contributed by atoms with Gasteiger partial charge in [-0.25, -0.2) is 15.0 Å². The first-order valence-corrected chi connectivity index (χ1v) is 4.60. The first kappa shape index (κ1) is 8.72. The van der Waals surface area contributed by atoms with Gasteiger partial charge in [0.2, 0.25) is 0 Å². The zero-order chi connectivity index (χ0) is 9.80. The SMILES string of the molecule is N#Cc1ccnc(Sc2ncc[nH]2)n1. The van der Waals surface area contributed by atoms with Crippen molar-refractivity contribution in [3.05, 3.63) is 30.4 Å². The number of aromatic amines is 1. The molecule has 0 amide bonds. The summed E-state index contributed by atoms with van der Waals surface area (Å²) in [6, 6.07) is 3.51. The molecule has 0 fully saturated rings. The molecule has 5 nitrogen and oxygen atoms in total. The normalized spacial score (nSPS) is 9.64. The number of hydrogen-bond acceptors (Lipinski definition) is 5. The van der Waals surface area contributed by atoms with Crippen molar-refractivity contribution < 1.29 is 0 Å². The second-order valence-electron chi connectivity index (χ2n) is 2.33. The Morgan fingerprint density at radius 3 is 3.00 bits per heavy atom. The summed E-state index contributed by atoms with van der Waals surface area (Å²) >= 11 is 1.28. The molecule has 0 bridgehead atoms. The predicted molar refractivity (Wildman–Crippen MR) is 49.5 cm³/mol. The fourth-order valence-electron chi connectivity index (χ4n) is 0.845. The molecule has 2 aromatic rings. The molecule has 1 N–H and O–H groups in total. The molecule has 0 saturated heterocycles. The molecule has 0 atom stereocenters. The van der Waals surface area contributed by atoms with E-state index in [0.29, 0.717) is 16.0 Å². The van der Waals surface area contributed by atoms with E-state index in [1.54, 1.807) is 24.7 Å². The summed E-state index contributed by atoms with van der Waals surface area (Å²) in [6.07, 6.45) is 4.92. The molecule has 2 aromatic heterocycles. The third-order valence-corrected chi connectivity index (χ3v) is 2.21. The standard InChI is InChI=1S/C8H5N5S/c9-5-6-1-2-10-8(13-6)14-7-11-3-4-12-7/h1-4H,(H,11,12). The summed E-state index contributed by atoms with van der Waals surface area (Å²) in [6.45, 7) is 0. The molecule has 0 saturated carbocycles. The zero-order valence-corrected chi connectivity index (χ0v) is 7.82. The largest absolute Gasteiger partial charge is 0.339 e. The zero-order valence-electron chi connectivity index (χ0n) is 7.01. The van der Waals surface area contributed by atoms with Crippen LogP contribution in [0.3, 0.4) is 0 Å². The lowest BCUT2D eigenvalue weighted by Gasteiger charge is -1.94. The van der Waals surface area contributed by atoms with Crippen LogP contribution in [0.4, 0.5) is 0 Å². The van der Waals surface area contributed by atoms with Crippen LogP contribution in [0.25, 0.3) is 0 Å². The van der Waals surface area contributed by atoms with Crippen molar-refractivity contribution in [1.29, 1.82) is 5.26 Å². The summed E-state index contributed by atoms with van der Waals surface area (Å²) in [5.41, 5.74) is 0.356. The molecule has 0 radical (unpaired) electrons. The fourth-order valence-corrected chi connectivity index (χ4v) is 1.52. The Balaban J connectivity index is 2.22. The van der Waals surface area contributed by atoms with Gasteiger partial charge in [0.15, 0.2) is 10.3 Å². The maximum absolute atomic E-state index is 8.62. The maximum Gasteiger partial charge on any atom is 0.196 e. The van der Waals surface area contributed by atoms with Crippen molar-refractivity contribution in [2.24, 2.45) is 0 Å². The van der Waals surface area contributed by atoms with Gasteiger partial charge in [0.25, 0.3) is 0 Å².